The summed E-state index contributed by atoms with van der Waals surface area (Å²) in [6.45, 7) is 1.54. The number of hydrogen-bond donors (Lipinski definition) is 3. The molecule has 0 aromatic heterocycles. The SMILES string of the molecule is CCC(=O)O[C@H]1[C@H]2C(C(=O)c3c(O)cccc3[C@@H]2CCc2ccccc2)C(=O)[C@]2(O)C(=O)C(C(N)=O)C(=O)C(N(C)C)[C@H]12. The molecule has 11 heteroatoms. The van der Waals surface area contributed by atoms with Crippen molar-refractivity contribution >= 4 is 35.0 Å². The lowest BCUT2D eigenvalue weighted by atomic mass is 9.49. The quantitative estimate of drug-likeness (QED) is 0.310. The number of amides is 1. The van der Waals surface area contributed by atoms with Crippen LogP contribution >= 0.6 is 0 Å². The first kappa shape index (κ1) is 30.2. The number of nitrogens with two attached hydrogens (primary N) is 1. The molecule has 3 aliphatic carbocycles. The number of benzene rings is 2. The molecular weight excluding hydrogens is 556 g/mol. The first-order valence-corrected chi connectivity index (χ1v) is 14.3. The molecule has 2 aromatic rings. The Morgan fingerprint density at radius 2 is 1.67 bits per heavy atom. The molecule has 0 bridgehead atoms. The number of Topliss-reactive ketones (excluding diaryl/α,β-unsaturated/α-hetero) is 4. The first-order chi connectivity index (χ1) is 20.4. The average Bonchev–Trinajstić information content (AvgIpc) is 2.96. The van der Waals surface area contributed by atoms with Crippen LogP contribution in [0.5, 0.6) is 5.75 Å². The van der Waals surface area contributed by atoms with Crippen LogP contribution in [-0.4, -0.2) is 82.0 Å². The molecule has 3 aliphatic rings. The van der Waals surface area contributed by atoms with Crippen LogP contribution in [0.3, 0.4) is 0 Å². The molecule has 43 heavy (non-hydrogen) atoms. The van der Waals surface area contributed by atoms with E-state index in [2.05, 4.69) is 0 Å². The summed E-state index contributed by atoms with van der Waals surface area (Å²) in [5.74, 6) is -14.1. The van der Waals surface area contributed by atoms with Crippen LogP contribution in [0.4, 0.5) is 0 Å². The van der Waals surface area contributed by atoms with Crippen LogP contribution in [0.25, 0.3) is 0 Å². The summed E-state index contributed by atoms with van der Waals surface area (Å²) in [7, 11) is 2.94. The molecule has 0 aliphatic heterocycles. The maximum atomic E-state index is 14.4. The van der Waals surface area contributed by atoms with E-state index in [9.17, 15) is 39.0 Å². The number of hydrogen-bond acceptors (Lipinski definition) is 10. The minimum atomic E-state index is -3.05. The second kappa shape index (κ2) is 11.1. The molecule has 4 N–H and O–H groups in total. The van der Waals surface area contributed by atoms with Crippen LogP contribution in [0.2, 0.25) is 0 Å². The fourth-order valence-corrected chi connectivity index (χ4v) is 7.43. The summed E-state index contributed by atoms with van der Waals surface area (Å²) in [6, 6.07) is 12.5. The number of aryl methyl sites for hydroxylation is 1. The van der Waals surface area contributed by atoms with Gasteiger partial charge in [0, 0.05) is 12.3 Å². The van der Waals surface area contributed by atoms with Gasteiger partial charge in [0.15, 0.2) is 34.7 Å². The van der Waals surface area contributed by atoms with Crippen LogP contribution in [0.1, 0.15) is 47.2 Å². The van der Waals surface area contributed by atoms with E-state index in [4.69, 9.17) is 10.5 Å². The zero-order chi connectivity index (χ0) is 31.4. The van der Waals surface area contributed by atoms with Gasteiger partial charge in [-0.25, -0.2) is 0 Å². The molecule has 1 amide bonds. The molecule has 2 aromatic carbocycles. The highest BCUT2D eigenvalue weighted by Crippen LogP contribution is 2.56. The molecule has 3 unspecified atom stereocenters. The number of aliphatic hydroxyl groups is 1. The van der Waals surface area contributed by atoms with Crippen molar-refractivity contribution in [2.24, 2.45) is 29.4 Å². The summed E-state index contributed by atoms with van der Waals surface area (Å²) in [5, 5.41) is 22.9. The Bertz CT molecular complexity index is 1520. The maximum absolute atomic E-state index is 14.4. The molecule has 0 heterocycles. The maximum Gasteiger partial charge on any atom is 0.305 e. The summed E-state index contributed by atoms with van der Waals surface area (Å²) in [6.07, 6.45) is -0.749. The van der Waals surface area contributed by atoms with Gasteiger partial charge in [0.1, 0.15) is 11.9 Å². The Labute approximate surface area is 248 Å². The lowest BCUT2D eigenvalue weighted by Gasteiger charge is -2.57. The number of carbonyl (C=O) groups is 6. The molecule has 0 radical (unpaired) electrons. The second-order valence-electron chi connectivity index (χ2n) is 11.8. The number of aromatic hydroxyl groups is 1. The fraction of sp³-hybridized carbons (Fsp3) is 0.438. The van der Waals surface area contributed by atoms with E-state index in [1.165, 1.54) is 32.0 Å². The second-order valence-corrected chi connectivity index (χ2v) is 11.8. The van der Waals surface area contributed by atoms with Gasteiger partial charge in [0.05, 0.1) is 23.4 Å². The Kier molecular flexibility index (Phi) is 7.82. The predicted octanol–water partition coefficient (Wildman–Crippen LogP) is 0.973. The Hall–Kier alpha value is -4.22. The Morgan fingerprint density at radius 3 is 2.28 bits per heavy atom. The standard InChI is InChI=1S/C32H34N2O9/c1-4-19(36)43-28-21-17(14-13-15-9-6-5-7-10-15)16-11-8-12-18(35)20(16)26(37)22(21)29(39)32(42)24(28)25(34(2)3)27(38)23(30(32)40)31(33)41/h5-12,17,21-25,28,35,42H,4,13-14H2,1-3H3,(H2,33,41)/t17-,21+,22?,23?,24+,25?,28-,32-/m0/s1. The van der Waals surface area contributed by atoms with Crippen LogP contribution < -0.4 is 5.73 Å². The van der Waals surface area contributed by atoms with Gasteiger partial charge in [0.2, 0.25) is 5.91 Å². The van der Waals surface area contributed by atoms with Gasteiger partial charge < -0.3 is 20.7 Å². The highest BCUT2D eigenvalue weighted by atomic mass is 16.5. The van der Waals surface area contributed by atoms with Crippen molar-refractivity contribution in [1.82, 2.24) is 4.90 Å². The number of ether oxygens (including phenoxy) is 1. The van der Waals surface area contributed by atoms with E-state index in [-0.39, 0.29) is 17.7 Å². The molecule has 226 valence electrons. The Morgan fingerprint density at radius 1 is 1.00 bits per heavy atom. The number of carbonyl (C=O) groups excluding carboxylic acids is 6. The summed E-state index contributed by atoms with van der Waals surface area (Å²) in [4.78, 5) is 82.6. The minimum Gasteiger partial charge on any atom is -0.507 e. The van der Waals surface area contributed by atoms with Gasteiger partial charge in [-0.3, -0.25) is 33.7 Å². The first-order valence-electron chi connectivity index (χ1n) is 14.3. The normalized spacial score (nSPS) is 31.7. The minimum absolute atomic E-state index is 0.106. The topological polar surface area (TPSA) is 181 Å². The van der Waals surface area contributed by atoms with Gasteiger partial charge in [0.25, 0.3) is 0 Å². The molecule has 2 saturated carbocycles. The lowest BCUT2D eigenvalue weighted by molar-refractivity contribution is -0.206. The number of likely N-dealkylation sites (N-methyl/N-ethyl adjacent to an activating group) is 1. The number of phenolic OH excluding ortho intramolecular Hbond substituents is 1. The lowest BCUT2D eigenvalue weighted by Crippen LogP contribution is -2.78. The Balaban J connectivity index is 1.77. The summed E-state index contributed by atoms with van der Waals surface area (Å²) < 4.78 is 5.93. The van der Waals surface area contributed by atoms with Gasteiger partial charge in [-0.15, -0.1) is 0 Å². The zero-order valence-electron chi connectivity index (χ0n) is 24.1. The molecule has 0 spiro atoms. The molecule has 0 saturated heterocycles. The molecule has 8 atom stereocenters. The highest BCUT2D eigenvalue weighted by Gasteiger charge is 2.74. The highest BCUT2D eigenvalue weighted by molar-refractivity contribution is 6.32. The smallest absolute Gasteiger partial charge is 0.305 e. The number of esters is 1. The third kappa shape index (κ3) is 4.58. The van der Waals surface area contributed by atoms with Crippen molar-refractivity contribution in [2.75, 3.05) is 14.1 Å². The summed E-state index contributed by atoms with van der Waals surface area (Å²) >= 11 is 0. The van der Waals surface area contributed by atoms with Gasteiger partial charge >= 0.3 is 5.97 Å². The van der Waals surface area contributed by atoms with E-state index < -0.39 is 82.3 Å². The van der Waals surface area contributed by atoms with Crippen LogP contribution in [0, 0.1) is 23.7 Å². The van der Waals surface area contributed by atoms with Gasteiger partial charge in [-0.2, -0.15) is 0 Å². The number of ketones is 4. The van der Waals surface area contributed by atoms with E-state index in [0.717, 1.165) is 5.56 Å². The average molecular weight is 591 g/mol. The van der Waals surface area contributed by atoms with E-state index in [1.807, 2.05) is 30.3 Å². The predicted molar refractivity (Wildman–Crippen MR) is 151 cm³/mol. The van der Waals surface area contributed by atoms with Crippen molar-refractivity contribution in [3.8, 4) is 5.75 Å². The number of primary amides is 1. The molecular formula is C32H34N2O9. The van der Waals surface area contributed by atoms with Crippen molar-refractivity contribution in [1.29, 1.82) is 0 Å². The van der Waals surface area contributed by atoms with E-state index in [0.29, 0.717) is 18.4 Å². The summed E-state index contributed by atoms with van der Waals surface area (Å²) in [5.41, 5.74) is 3.64. The number of phenols is 1. The fourth-order valence-electron chi connectivity index (χ4n) is 7.43. The molecule has 2 fully saturated rings. The molecule has 11 nitrogen and oxygen atoms in total. The monoisotopic (exact) mass is 590 g/mol. The number of nitrogens with zero attached hydrogens (tertiary/aromatic N) is 1. The third-order valence-corrected chi connectivity index (χ3v) is 9.26. The van der Waals surface area contributed by atoms with Crippen LogP contribution in [-0.2, 0) is 35.1 Å². The number of fused-ring (bicyclic) bond motifs is 3. The zero-order valence-corrected chi connectivity index (χ0v) is 24.1. The van der Waals surface area contributed by atoms with Crippen molar-refractivity contribution in [2.45, 2.75) is 49.9 Å². The molecule has 5 rings (SSSR count). The van der Waals surface area contributed by atoms with Crippen LogP contribution in [0.15, 0.2) is 48.5 Å². The van der Waals surface area contributed by atoms with Gasteiger partial charge in [-0.05, 0) is 50.0 Å². The number of rotatable bonds is 7. The van der Waals surface area contributed by atoms with Crippen molar-refractivity contribution in [3.05, 3.63) is 65.2 Å². The van der Waals surface area contributed by atoms with Gasteiger partial charge in [-0.1, -0.05) is 49.4 Å². The van der Waals surface area contributed by atoms with E-state index >= 15 is 0 Å². The van der Waals surface area contributed by atoms with Crippen molar-refractivity contribution in [3.63, 3.8) is 0 Å². The van der Waals surface area contributed by atoms with Crippen molar-refractivity contribution < 1.29 is 43.7 Å². The van der Waals surface area contributed by atoms with E-state index in [1.54, 1.807) is 12.1 Å². The third-order valence-electron chi connectivity index (χ3n) is 9.26. The largest absolute Gasteiger partial charge is 0.507 e.